The van der Waals surface area contributed by atoms with E-state index in [-0.39, 0.29) is 10.8 Å². The lowest BCUT2D eigenvalue weighted by Gasteiger charge is -2.28. The molecule has 0 unspecified atom stereocenters. The van der Waals surface area contributed by atoms with E-state index in [0.717, 1.165) is 34.1 Å². The molecule has 9 rings (SSSR count). The first-order chi connectivity index (χ1) is 29.0. The predicted octanol–water partition coefficient (Wildman–Crippen LogP) is 16.9. The van der Waals surface area contributed by atoms with Crippen molar-refractivity contribution in [1.82, 2.24) is 0 Å². The van der Waals surface area contributed by atoms with E-state index in [4.69, 9.17) is 0 Å². The average Bonchev–Trinajstić information content (AvgIpc) is 3.26. The summed E-state index contributed by atoms with van der Waals surface area (Å²) in [5.74, 6) is 0. The summed E-state index contributed by atoms with van der Waals surface area (Å²) in [5, 5.41) is 4.81. The molecule has 9 aromatic rings. The SMILES string of the molecule is CC(C)(C)c1ccc(N(c2cccc(-c3ccccc3)c2)c2ccc3cc4cc(N(c5ccc(C(C)(C)C)cc5)c5cccc(-c6ccccc6)c5)ccc4cc3c2)cc1. The minimum absolute atomic E-state index is 0.0700. The minimum atomic E-state index is 0.0700. The molecule has 0 aromatic heterocycles. The summed E-state index contributed by atoms with van der Waals surface area (Å²) in [6.07, 6.45) is 0. The Hall–Kier alpha value is -6.90. The lowest BCUT2D eigenvalue weighted by molar-refractivity contribution is 0.590. The zero-order chi connectivity index (χ0) is 41.4. The summed E-state index contributed by atoms with van der Waals surface area (Å²) in [6, 6.07) is 75.7. The Balaban J connectivity index is 1.13. The first kappa shape index (κ1) is 38.6. The van der Waals surface area contributed by atoms with Gasteiger partial charge in [-0.3, -0.25) is 0 Å². The number of rotatable bonds is 8. The Morgan fingerprint density at radius 2 is 0.583 bits per heavy atom. The van der Waals surface area contributed by atoms with Gasteiger partial charge in [0.15, 0.2) is 0 Å². The first-order valence-corrected chi connectivity index (χ1v) is 21.1. The van der Waals surface area contributed by atoms with Gasteiger partial charge in [-0.05, 0) is 151 Å². The largest absolute Gasteiger partial charge is 0.310 e. The second-order valence-electron chi connectivity index (χ2n) is 18.0. The van der Waals surface area contributed by atoms with E-state index in [1.807, 2.05) is 0 Å². The van der Waals surface area contributed by atoms with Crippen LogP contribution in [0.5, 0.6) is 0 Å². The fourth-order valence-electron chi connectivity index (χ4n) is 8.28. The van der Waals surface area contributed by atoms with Gasteiger partial charge < -0.3 is 9.80 Å². The molecule has 2 nitrogen and oxygen atoms in total. The molecular formula is C58H52N2. The van der Waals surface area contributed by atoms with Gasteiger partial charge in [-0.25, -0.2) is 0 Å². The number of anilines is 6. The van der Waals surface area contributed by atoms with Crippen LogP contribution in [-0.4, -0.2) is 0 Å². The van der Waals surface area contributed by atoms with Crippen molar-refractivity contribution >= 4 is 55.7 Å². The molecule has 0 amide bonds. The molecule has 0 bridgehead atoms. The van der Waals surface area contributed by atoms with Crippen LogP contribution in [0.1, 0.15) is 52.7 Å². The predicted molar refractivity (Wildman–Crippen MR) is 259 cm³/mol. The van der Waals surface area contributed by atoms with Gasteiger partial charge in [-0.2, -0.15) is 0 Å². The molecule has 0 aliphatic rings. The average molecular weight is 777 g/mol. The Morgan fingerprint density at radius 1 is 0.250 bits per heavy atom. The van der Waals surface area contributed by atoms with Crippen LogP contribution in [-0.2, 0) is 10.8 Å². The van der Waals surface area contributed by atoms with E-state index in [1.54, 1.807) is 0 Å². The van der Waals surface area contributed by atoms with Crippen molar-refractivity contribution in [3.05, 3.63) is 217 Å². The maximum atomic E-state index is 2.39. The lowest BCUT2D eigenvalue weighted by atomic mass is 9.87. The van der Waals surface area contributed by atoms with Crippen LogP contribution in [0.25, 0.3) is 43.8 Å². The quantitative estimate of drug-likeness (QED) is 0.142. The van der Waals surface area contributed by atoms with E-state index in [1.165, 1.54) is 54.9 Å². The monoisotopic (exact) mass is 776 g/mol. The zero-order valence-corrected chi connectivity index (χ0v) is 35.5. The molecule has 0 fully saturated rings. The maximum Gasteiger partial charge on any atom is 0.0468 e. The van der Waals surface area contributed by atoms with Crippen molar-refractivity contribution in [2.75, 3.05) is 9.80 Å². The van der Waals surface area contributed by atoms with Crippen LogP contribution in [0.2, 0.25) is 0 Å². The van der Waals surface area contributed by atoms with E-state index in [2.05, 4.69) is 258 Å². The third-order valence-corrected chi connectivity index (χ3v) is 11.7. The first-order valence-electron chi connectivity index (χ1n) is 21.1. The van der Waals surface area contributed by atoms with E-state index >= 15 is 0 Å². The van der Waals surface area contributed by atoms with Gasteiger partial charge in [0.2, 0.25) is 0 Å². The number of hydrogen-bond acceptors (Lipinski definition) is 2. The van der Waals surface area contributed by atoms with Crippen LogP contribution in [0.15, 0.2) is 206 Å². The Labute approximate surface area is 356 Å². The van der Waals surface area contributed by atoms with Crippen molar-refractivity contribution in [3.8, 4) is 22.3 Å². The van der Waals surface area contributed by atoms with Gasteiger partial charge in [-0.15, -0.1) is 0 Å². The summed E-state index contributed by atoms with van der Waals surface area (Å²) in [4.78, 5) is 4.77. The molecule has 0 aliphatic heterocycles. The highest BCUT2D eigenvalue weighted by Crippen LogP contribution is 2.42. The fraction of sp³-hybridized carbons (Fsp3) is 0.138. The summed E-state index contributed by atoms with van der Waals surface area (Å²) in [7, 11) is 0. The highest BCUT2D eigenvalue weighted by molar-refractivity contribution is 6.02. The molecular weight excluding hydrogens is 725 g/mol. The number of benzene rings is 9. The van der Waals surface area contributed by atoms with Crippen molar-refractivity contribution in [1.29, 1.82) is 0 Å². The molecule has 0 saturated carbocycles. The normalized spacial score (nSPS) is 11.8. The molecule has 0 radical (unpaired) electrons. The van der Waals surface area contributed by atoms with Gasteiger partial charge in [-0.1, -0.05) is 163 Å². The number of hydrogen-bond donors (Lipinski definition) is 0. The third kappa shape index (κ3) is 7.94. The van der Waals surface area contributed by atoms with Crippen molar-refractivity contribution in [2.24, 2.45) is 0 Å². The molecule has 0 aliphatic carbocycles. The zero-order valence-electron chi connectivity index (χ0n) is 35.5. The molecule has 0 N–H and O–H groups in total. The van der Waals surface area contributed by atoms with Gasteiger partial charge in [0, 0.05) is 34.1 Å². The van der Waals surface area contributed by atoms with Crippen LogP contribution >= 0.6 is 0 Å². The number of nitrogens with zero attached hydrogens (tertiary/aromatic N) is 2. The van der Waals surface area contributed by atoms with Crippen LogP contribution in [0, 0.1) is 0 Å². The Kier molecular flexibility index (Phi) is 10.1. The molecule has 60 heavy (non-hydrogen) atoms. The topological polar surface area (TPSA) is 6.48 Å². The van der Waals surface area contributed by atoms with Crippen LogP contribution in [0.4, 0.5) is 34.1 Å². The van der Waals surface area contributed by atoms with E-state index in [0.29, 0.717) is 0 Å². The van der Waals surface area contributed by atoms with Crippen molar-refractivity contribution in [3.63, 3.8) is 0 Å². The van der Waals surface area contributed by atoms with Crippen LogP contribution < -0.4 is 9.80 Å². The molecule has 9 aromatic carbocycles. The van der Waals surface area contributed by atoms with Crippen molar-refractivity contribution in [2.45, 2.75) is 52.4 Å². The second-order valence-corrected chi connectivity index (χ2v) is 18.0. The minimum Gasteiger partial charge on any atom is -0.310 e. The highest BCUT2D eigenvalue weighted by atomic mass is 15.1. The van der Waals surface area contributed by atoms with Gasteiger partial charge in [0.1, 0.15) is 0 Å². The van der Waals surface area contributed by atoms with Gasteiger partial charge >= 0.3 is 0 Å². The molecule has 2 heteroatoms. The van der Waals surface area contributed by atoms with Crippen molar-refractivity contribution < 1.29 is 0 Å². The highest BCUT2D eigenvalue weighted by Gasteiger charge is 2.20. The second kappa shape index (κ2) is 15.7. The van der Waals surface area contributed by atoms with Gasteiger partial charge in [0.05, 0.1) is 0 Å². The molecule has 294 valence electrons. The molecule has 0 heterocycles. The molecule has 0 saturated heterocycles. The fourth-order valence-corrected chi connectivity index (χ4v) is 8.28. The summed E-state index contributed by atoms with van der Waals surface area (Å²) in [6.45, 7) is 13.6. The van der Waals surface area contributed by atoms with Gasteiger partial charge in [0.25, 0.3) is 0 Å². The Morgan fingerprint density at radius 3 is 0.950 bits per heavy atom. The maximum absolute atomic E-state index is 2.39. The van der Waals surface area contributed by atoms with Crippen LogP contribution in [0.3, 0.4) is 0 Å². The molecule has 0 atom stereocenters. The molecule has 0 spiro atoms. The smallest absolute Gasteiger partial charge is 0.0468 e. The lowest BCUT2D eigenvalue weighted by Crippen LogP contribution is -2.13. The summed E-state index contributed by atoms with van der Waals surface area (Å²) in [5.41, 5.74) is 14.3. The van der Waals surface area contributed by atoms with E-state index < -0.39 is 0 Å². The van der Waals surface area contributed by atoms with E-state index in [9.17, 15) is 0 Å². The summed E-state index contributed by atoms with van der Waals surface area (Å²) >= 11 is 0. The third-order valence-electron chi connectivity index (χ3n) is 11.7. The standard InChI is InChI=1S/C58H52N2/c1-57(2,3)49-25-31-51(32-26-49)59(53-21-13-19-43(37-53)41-15-9-7-10-16-41)55-29-23-45-36-48-40-56(30-24-46(48)35-47(45)39-55)60(52-33-27-50(28-34-52)58(4,5)6)54-22-14-20-44(38-54)42-17-11-8-12-18-42/h7-40H,1-6H3. The Bertz CT molecular complexity index is 2710. The summed E-state index contributed by atoms with van der Waals surface area (Å²) < 4.78 is 0. The number of fused-ring (bicyclic) bond motifs is 2.